The maximum Gasteiger partial charge on any atom is -0.00487 e. The number of rotatable bonds is 6. The van der Waals surface area contributed by atoms with Crippen molar-refractivity contribution >= 4 is 0 Å². The zero-order valence-corrected chi connectivity index (χ0v) is 9.53. The van der Waals surface area contributed by atoms with Crippen molar-refractivity contribution in [3.8, 4) is 0 Å². The lowest BCUT2D eigenvalue weighted by Gasteiger charge is -2.44. The molecular formula is C12H25N. The SMILES string of the molecule is CCCNCCCC1(C)CC(C)C1. The van der Waals surface area contributed by atoms with Crippen LogP contribution in [0.15, 0.2) is 0 Å². The molecule has 78 valence electrons. The van der Waals surface area contributed by atoms with Crippen LogP contribution in [0.25, 0.3) is 0 Å². The van der Waals surface area contributed by atoms with Gasteiger partial charge in [0.1, 0.15) is 0 Å². The van der Waals surface area contributed by atoms with Crippen LogP contribution < -0.4 is 5.32 Å². The summed E-state index contributed by atoms with van der Waals surface area (Å²) >= 11 is 0. The molecule has 13 heavy (non-hydrogen) atoms. The summed E-state index contributed by atoms with van der Waals surface area (Å²) in [7, 11) is 0. The molecule has 1 aliphatic rings. The third-order valence-corrected chi connectivity index (χ3v) is 3.24. The van der Waals surface area contributed by atoms with E-state index in [0.717, 1.165) is 5.92 Å². The van der Waals surface area contributed by atoms with E-state index in [1.54, 1.807) is 0 Å². The first-order chi connectivity index (χ1) is 6.16. The Morgan fingerprint density at radius 1 is 1.31 bits per heavy atom. The molecule has 0 radical (unpaired) electrons. The largest absolute Gasteiger partial charge is 0.317 e. The molecule has 1 nitrogen and oxygen atoms in total. The molecule has 1 fully saturated rings. The van der Waals surface area contributed by atoms with Crippen LogP contribution >= 0.6 is 0 Å². The monoisotopic (exact) mass is 183 g/mol. The summed E-state index contributed by atoms with van der Waals surface area (Å²) in [4.78, 5) is 0. The minimum absolute atomic E-state index is 0.702. The lowest BCUT2D eigenvalue weighted by molar-refractivity contribution is 0.0751. The Balaban J connectivity index is 1.94. The molecule has 1 N–H and O–H groups in total. The van der Waals surface area contributed by atoms with Gasteiger partial charge < -0.3 is 5.32 Å². The van der Waals surface area contributed by atoms with E-state index in [2.05, 4.69) is 26.1 Å². The highest BCUT2D eigenvalue weighted by molar-refractivity contribution is 4.87. The average Bonchev–Trinajstić information content (AvgIpc) is 2.02. The van der Waals surface area contributed by atoms with Crippen LogP contribution in [-0.2, 0) is 0 Å². The highest BCUT2D eigenvalue weighted by Crippen LogP contribution is 2.48. The first-order valence-corrected chi connectivity index (χ1v) is 5.87. The zero-order valence-electron chi connectivity index (χ0n) is 9.53. The second-order valence-corrected chi connectivity index (χ2v) is 5.18. The maximum atomic E-state index is 3.47. The lowest BCUT2D eigenvalue weighted by atomic mass is 9.62. The van der Waals surface area contributed by atoms with E-state index < -0.39 is 0 Å². The van der Waals surface area contributed by atoms with Gasteiger partial charge in [0.2, 0.25) is 0 Å². The summed E-state index contributed by atoms with van der Waals surface area (Å²) in [5.74, 6) is 0.994. The second kappa shape index (κ2) is 4.99. The van der Waals surface area contributed by atoms with E-state index >= 15 is 0 Å². The summed E-state index contributed by atoms with van der Waals surface area (Å²) in [5, 5.41) is 3.47. The molecule has 0 amide bonds. The van der Waals surface area contributed by atoms with E-state index in [0.29, 0.717) is 5.41 Å². The van der Waals surface area contributed by atoms with Gasteiger partial charge in [0.15, 0.2) is 0 Å². The Labute approximate surface area is 83.3 Å². The van der Waals surface area contributed by atoms with Gasteiger partial charge in [-0.3, -0.25) is 0 Å². The average molecular weight is 183 g/mol. The molecule has 0 bridgehead atoms. The van der Waals surface area contributed by atoms with E-state index in [4.69, 9.17) is 0 Å². The Hall–Kier alpha value is -0.0400. The Kier molecular flexibility index (Phi) is 4.24. The smallest absolute Gasteiger partial charge is 0.00487 e. The van der Waals surface area contributed by atoms with Crippen LogP contribution in [0.4, 0.5) is 0 Å². The summed E-state index contributed by atoms with van der Waals surface area (Å²) in [6.45, 7) is 9.46. The predicted molar refractivity (Wildman–Crippen MR) is 58.9 cm³/mol. The number of hydrogen-bond donors (Lipinski definition) is 1. The van der Waals surface area contributed by atoms with Gasteiger partial charge in [0.05, 0.1) is 0 Å². The van der Waals surface area contributed by atoms with Gasteiger partial charge in [-0.15, -0.1) is 0 Å². The first-order valence-electron chi connectivity index (χ1n) is 5.87. The third-order valence-electron chi connectivity index (χ3n) is 3.24. The van der Waals surface area contributed by atoms with Crippen LogP contribution in [-0.4, -0.2) is 13.1 Å². The minimum Gasteiger partial charge on any atom is -0.317 e. The van der Waals surface area contributed by atoms with E-state index in [9.17, 15) is 0 Å². The van der Waals surface area contributed by atoms with Crippen LogP contribution in [0.1, 0.15) is 52.9 Å². The van der Waals surface area contributed by atoms with Gasteiger partial charge in [-0.2, -0.15) is 0 Å². The normalized spacial score (nSPS) is 33.0. The Bertz CT molecular complexity index is 136. The Morgan fingerprint density at radius 3 is 2.54 bits per heavy atom. The van der Waals surface area contributed by atoms with Crippen LogP contribution in [0.5, 0.6) is 0 Å². The summed E-state index contributed by atoms with van der Waals surface area (Å²) < 4.78 is 0. The van der Waals surface area contributed by atoms with Gasteiger partial charge >= 0.3 is 0 Å². The van der Waals surface area contributed by atoms with Gasteiger partial charge in [-0.05, 0) is 56.5 Å². The third kappa shape index (κ3) is 3.68. The quantitative estimate of drug-likeness (QED) is 0.624. The highest BCUT2D eigenvalue weighted by atomic mass is 14.8. The Morgan fingerprint density at radius 2 is 2.00 bits per heavy atom. The summed E-state index contributed by atoms with van der Waals surface area (Å²) in [6, 6.07) is 0. The van der Waals surface area contributed by atoms with Gasteiger partial charge in [-0.25, -0.2) is 0 Å². The molecule has 0 aromatic heterocycles. The molecular weight excluding hydrogens is 158 g/mol. The van der Waals surface area contributed by atoms with Crippen molar-refractivity contribution in [2.45, 2.75) is 52.9 Å². The van der Waals surface area contributed by atoms with Gasteiger partial charge in [0.25, 0.3) is 0 Å². The van der Waals surface area contributed by atoms with E-state index in [-0.39, 0.29) is 0 Å². The minimum atomic E-state index is 0.702. The van der Waals surface area contributed by atoms with Crippen molar-refractivity contribution in [3.63, 3.8) is 0 Å². The van der Waals surface area contributed by atoms with E-state index in [1.807, 2.05) is 0 Å². The molecule has 1 rings (SSSR count). The molecule has 0 aromatic rings. The second-order valence-electron chi connectivity index (χ2n) is 5.18. The molecule has 0 aliphatic heterocycles. The predicted octanol–water partition coefficient (Wildman–Crippen LogP) is 3.20. The van der Waals surface area contributed by atoms with Crippen molar-refractivity contribution < 1.29 is 0 Å². The molecule has 0 unspecified atom stereocenters. The molecule has 0 aromatic carbocycles. The molecule has 0 spiro atoms. The number of nitrogens with one attached hydrogen (secondary N) is 1. The number of hydrogen-bond acceptors (Lipinski definition) is 1. The standard InChI is InChI=1S/C12H25N/c1-4-7-13-8-5-6-12(3)9-11(2)10-12/h11,13H,4-10H2,1-3H3. The maximum absolute atomic E-state index is 3.47. The van der Waals surface area contributed by atoms with Crippen molar-refractivity contribution in [1.29, 1.82) is 0 Å². The van der Waals surface area contributed by atoms with Crippen LogP contribution in [0.2, 0.25) is 0 Å². The molecule has 1 saturated carbocycles. The molecule has 1 heteroatoms. The van der Waals surface area contributed by atoms with Crippen molar-refractivity contribution in [3.05, 3.63) is 0 Å². The van der Waals surface area contributed by atoms with Crippen LogP contribution in [0, 0.1) is 11.3 Å². The van der Waals surface area contributed by atoms with Crippen molar-refractivity contribution in [2.24, 2.45) is 11.3 Å². The molecule has 0 saturated heterocycles. The van der Waals surface area contributed by atoms with Crippen molar-refractivity contribution in [1.82, 2.24) is 5.32 Å². The fourth-order valence-corrected chi connectivity index (χ4v) is 2.77. The molecule has 0 atom stereocenters. The fraction of sp³-hybridized carbons (Fsp3) is 1.00. The summed E-state index contributed by atoms with van der Waals surface area (Å²) in [6.07, 6.45) is 6.97. The van der Waals surface area contributed by atoms with E-state index in [1.165, 1.54) is 45.2 Å². The first kappa shape index (κ1) is 11.0. The van der Waals surface area contributed by atoms with Gasteiger partial charge in [0, 0.05) is 0 Å². The fourth-order valence-electron chi connectivity index (χ4n) is 2.77. The topological polar surface area (TPSA) is 12.0 Å². The highest BCUT2D eigenvalue weighted by Gasteiger charge is 2.36. The molecule has 0 heterocycles. The van der Waals surface area contributed by atoms with Crippen LogP contribution in [0.3, 0.4) is 0 Å². The van der Waals surface area contributed by atoms with Crippen molar-refractivity contribution in [2.75, 3.05) is 13.1 Å². The lowest BCUT2D eigenvalue weighted by Crippen LogP contribution is -2.33. The van der Waals surface area contributed by atoms with Gasteiger partial charge in [-0.1, -0.05) is 20.8 Å². The summed E-state index contributed by atoms with van der Waals surface area (Å²) in [5.41, 5.74) is 0.702. The molecule has 1 aliphatic carbocycles. The zero-order chi connectivity index (χ0) is 9.73.